The van der Waals surface area contributed by atoms with Crippen molar-refractivity contribution in [2.45, 2.75) is 169 Å². The summed E-state index contributed by atoms with van der Waals surface area (Å²) in [5.74, 6) is 1.60. The quantitative estimate of drug-likeness (QED) is 0.0379. The number of carbonyl (C=O) groups excluding carboxylic acids is 3. The number of unbranched alkanes of at least 4 members (excludes halogenated alkanes) is 12. The van der Waals surface area contributed by atoms with E-state index < -0.39 is 6.04 Å². The minimum atomic E-state index is -0.629. The molecule has 2 amide bonds. The number of thioether (sulfide) groups is 1. The molecular weight excluding hydrogens is 651 g/mol. The lowest BCUT2D eigenvalue weighted by Crippen LogP contribution is -2.49. The third kappa shape index (κ3) is 30.3. The van der Waals surface area contributed by atoms with E-state index in [1.54, 1.807) is 11.8 Å². The molecule has 0 aliphatic carbocycles. The molecule has 0 aromatic carbocycles. The molecule has 0 radical (unpaired) electrons. The van der Waals surface area contributed by atoms with E-state index in [-0.39, 0.29) is 36.9 Å². The summed E-state index contributed by atoms with van der Waals surface area (Å²) in [6, 6.07) is -0.629. The van der Waals surface area contributed by atoms with Gasteiger partial charge in [-0.25, -0.2) is 0 Å². The predicted molar refractivity (Wildman–Crippen MR) is 210 cm³/mol. The van der Waals surface area contributed by atoms with Gasteiger partial charge in [-0.15, -0.1) is 0 Å². The Hall–Kier alpha value is -1.36. The molecule has 9 nitrogen and oxygen atoms in total. The van der Waals surface area contributed by atoms with Crippen LogP contribution in [0, 0.1) is 11.8 Å². The molecule has 0 spiro atoms. The Kier molecular flexibility index (Phi) is 35.0. The minimum absolute atomic E-state index is 0.0132. The average molecular weight is 730 g/mol. The number of rotatable bonds is 37. The molecule has 0 saturated heterocycles. The summed E-state index contributed by atoms with van der Waals surface area (Å²) in [6.45, 7) is 11.5. The minimum Gasteiger partial charge on any atom is -0.466 e. The zero-order chi connectivity index (χ0) is 37.1. The average Bonchev–Trinajstić information content (AvgIpc) is 3.09. The maximum atomic E-state index is 13.6. The van der Waals surface area contributed by atoms with E-state index in [0.29, 0.717) is 63.6 Å². The first-order chi connectivity index (χ1) is 24.3. The van der Waals surface area contributed by atoms with Gasteiger partial charge in [-0.3, -0.25) is 19.3 Å². The third-order valence-electron chi connectivity index (χ3n) is 9.29. The fraction of sp³-hybridized carbons (Fsp3) is 0.925. The van der Waals surface area contributed by atoms with Crippen molar-refractivity contribution in [3.63, 3.8) is 0 Å². The zero-order valence-corrected chi connectivity index (χ0v) is 33.6. The number of nitrogens with zero attached hydrogens (tertiary/aromatic N) is 1. The van der Waals surface area contributed by atoms with Crippen molar-refractivity contribution in [3.05, 3.63) is 0 Å². The summed E-state index contributed by atoms with van der Waals surface area (Å²) in [5.41, 5.74) is 0. The third-order valence-corrected chi connectivity index (χ3v) is 10.3. The van der Waals surface area contributed by atoms with Gasteiger partial charge in [-0.1, -0.05) is 124 Å². The van der Waals surface area contributed by atoms with Gasteiger partial charge >= 0.3 is 5.97 Å². The molecule has 2 unspecified atom stereocenters. The highest BCUT2D eigenvalue weighted by Crippen LogP contribution is 2.20. The van der Waals surface area contributed by atoms with Crippen molar-refractivity contribution < 1.29 is 29.3 Å². The number of esters is 1. The summed E-state index contributed by atoms with van der Waals surface area (Å²) in [6.07, 6.45) is 21.8. The molecule has 0 saturated carbocycles. The zero-order valence-electron chi connectivity index (χ0n) is 32.8. The summed E-state index contributed by atoms with van der Waals surface area (Å²) in [5, 5.41) is 24.7. The first-order valence-electron chi connectivity index (χ1n) is 20.5. The highest BCUT2D eigenvalue weighted by molar-refractivity contribution is 7.99. The first kappa shape index (κ1) is 48.6. The highest BCUT2D eigenvalue weighted by Gasteiger charge is 2.25. The lowest BCUT2D eigenvalue weighted by Gasteiger charge is -2.23. The SMILES string of the molecule is CCCCCCCCC(CCCCCC)C(=O)NC(CCSCCC(=O)OCCCCCCCC(C)C)C(=O)NCCCN(CCO)CCO. The van der Waals surface area contributed by atoms with Crippen molar-refractivity contribution in [3.8, 4) is 0 Å². The second kappa shape index (κ2) is 36.0. The van der Waals surface area contributed by atoms with Gasteiger partial charge in [-0.05, 0) is 50.3 Å². The molecule has 10 heteroatoms. The van der Waals surface area contributed by atoms with Crippen molar-refractivity contribution in [2.75, 3.05) is 57.5 Å². The molecule has 2 atom stereocenters. The van der Waals surface area contributed by atoms with Crippen LogP contribution in [0.4, 0.5) is 0 Å². The van der Waals surface area contributed by atoms with E-state index in [1.807, 2.05) is 4.90 Å². The Bertz CT molecular complexity index is 797. The Morgan fingerprint density at radius 2 is 1.22 bits per heavy atom. The van der Waals surface area contributed by atoms with Crippen LogP contribution >= 0.6 is 11.8 Å². The van der Waals surface area contributed by atoms with E-state index in [9.17, 15) is 24.6 Å². The molecule has 296 valence electrons. The summed E-state index contributed by atoms with van der Waals surface area (Å²) in [4.78, 5) is 41.2. The summed E-state index contributed by atoms with van der Waals surface area (Å²) in [7, 11) is 0. The van der Waals surface area contributed by atoms with Gasteiger partial charge in [0.05, 0.1) is 26.2 Å². The van der Waals surface area contributed by atoms with Gasteiger partial charge in [0.1, 0.15) is 6.04 Å². The highest BCUT2D eigenvalue weighted by atomic mass is 32.2. The Morgan fingerprint density at radius 3 is 1.82 bits per heavy atom. The number of amides is 2. The van der Waals surface area contributed by atoms with Crippen molar-refractivity contribution in [1.82, 2.24) is 15.5 Å². The molecule has 0 heterocycles. The topological polar surface area (TPSA) is 128 Å². The molecular formula is C40H79N3O6S. The molecule has 0 fully saturated rings. The van der Waals surface area contributed by atoms with Crippen LogP contribution in [0.3, 0.4) is 0 Å². The van der Waals surface area contributed by atoms with Gasteiger partial charge in [0.25, 0.3) is 0 Å². The maximum Gasteiger partial charge on any atom is 0.306 e. The van der Waals surface area contributed by atoms with E-state index in [0.717, 1.165) is 63.7 Å². The number of aliphatic hydroxyl groups excluding tert-OH is 2. The van der Waals surface area contributed by atoms with Gasteiger partial charge < -0.3 is 25.6 Å². The fourth-order valence-electron chi connectivity index (χ4n) is 6.11. The Morgan fingerprint density at radius 1 is 0.660 bits per heavy atom. The number of nitrogens with one attached hydrogen (secondary N) is 2. The molecule has 0 bridgehead atoms. The second-order valence-corrected chi connectivity index (χ2v) is 15.6. The molecule has 4 N–H and O–H groups in total. The van der Waals surface area contributed by atoms with Crippen molar-refractivity contribution >= 4 is 29.5 Å². The van der Waals surface area contributed by atoms with Crippen LogP contribution in [0.2, 0.25) is 0 Å². The first-order valence-corrected chi connectivity index (χ1v) is 21.7. The number of hydrogen-bond acceptors (Lipinski definition) is 8. The van der Waals surface area contributed by atoms with Crippen molar-refractivity contribution in [2.24, 2.45) is 11.8 Å². The Labute approximate surface area is 311 Å². The fourth-order valence-corrected chi connectivity index (χ4v) is 7.03. The van der Waals surface area contributed by atoms with Crippen LogP contribution in [-0.4, -0.2) is 96.4 Å². The van der Waals surface area contributed by atoms with Crippen LogP contribution < -0.4 is 10.6 Å². The summed E-state index contributed by atoms with van der Waals surface area (Å²) < 4.78 is 5.44. The maximum absolute atomic E-state index is 13.6. The number of carbonyl (C=O) groups is 3. The lowest BCUT2D eigenvalue weighted by atomic mass is 9.93. The molecule has 50 heavy (non-hydrogen) atoms. The normalized spacial score (nSPS) is 12.7. The van der Waals surface area contributed by atoms with E-state index in [2.05, 4.69) is 38.3 Å². The van der Waals surface area contributed by atoms with Crippen LogP contribution in [0.5, 0.6) is 0 Å². The lowest BCUT2D eigenvalue weighted by molar-refractivity contribution is -0.143. The predicted octanol–water partition coefficient (Wildman–Crippen LogP) is 7.65. The second-order valence-electron chi connectivity index (χ2n) is 14.4. The van der Waals surface area contributed by atoms with Crippen LogP contribution in [0.1, 0.15) is 163 Å². The molecule has 0 aromatic heterocycles. The van der Waals surface area contributed by atoms with Gasteiger partial charge in [0.15, 0.2) is 0 Å². The monoisotopic (exact) mass is 730 g/mol. The van der Waals surface area contributed by atoms with Crippen LogP contribution in [-0.2, 0) is 19.1 Å². The molecule has 0 aromatic rings. The molecule has 0 aliphatic rings. The van der Waals surface area contributed by atoms with E-state index in [4.69, 9.17) is 4.74 Å². The smallest absolute Gasteiger partial charge is 0.306 e. The summed E-state index contributed by atoms with van der Waals surface area (Å²) >= 11 is 1.62. The number of aliphatic hydroxyl groups is 2. The number of hydrogen-bond donors (Lipinski definition) is 4. The van der Waals surface area contributed by atoms with Crippen molar-refractivity contribution in [1.29, 1.82) is 0 Å². The van der Waals surface area contributed by atoms with E-state index in [1.165, 1.54) is 57.8 Å². The van der Waals surface area contributed by atoms with Crippen LogP contribution in [0.25, 0.3) is 0 Å². The standard InChI is InChI=1S/C40H79N3O6S/c1-5-7-9-11-14-18-23-36(22-17-10-8-6-2)39(47)42-37(40(48)41-26-20-27-43(28-30-44)29-31-45)24-33-50-34-25-38(46)49-32-19-15-12-13-16-21-35(3)4/h35-37,44-45H,5-34H2,1-4H3,(H,41,48)(H,42,47). The van der Waals surface area contributed by atoms with Gasteiger partial charge in [0.2, 0.25) is 11.8 Å². The molecule has 0 rings (SSSR count). The molecule has 0 aliphatic heterocycles. The Balaban J connectivity index is 4.97. The number of ether oxygens (including phenoxy) is 1. The van der Waals surface area contributed by atoms with E-state index >= 15 is 0 Å². The largest absolute Gasteiger partial charge is 0.466 e. The van der Waals surface area contributed by atoms with Gasteiger partial charge in [0, 0.05) is 31.3 Å². The van der Waals surface area contributed by atoms with Gasteiger partial charge in [-0.2, -0.15) is 11.8 Å². The van der Waals surface area contributed by atoms with Crippen LogP contribution in [0.15, 0.2) is 0 Å².